The van der Waals surface area contributed by atoms with Crippen molar-refractivity contribution >= 4 is 40.9 Å². The van der Waals surface area contributed by atoms with Gasteiger partial charge in [0.05, 0.1) is 5.75 Å². The van der Waals surface area contributed by atoms with Crippen molar-refractivity contribution in [2.45, 2.75) is 88.3 Å². The first-order valence-electron chi connectivity index (χ1n) is 11.7. The van der Waals surface area contributed by atoms with Gasteiger partial charge in [-0.3, -0.25) is 3.77 Å². The van der Waals surface area contributed by atoms with Crippen LogP contribution in [0, 0.1) is 11.8 Å². The Balaban J connectivity index is -0.000000656. The molecule has 0 bridgehead atoms. The van der Waals surface area contributed by atoms with E-state index in [1.165, 1.54) is 12.8 Å². The second kappa shape index (κ2) is 23.4. The van der Waals surface area contributed by atoms with Crippen LogP contribution in [0.2, 0.25) is 0 Å². The molecule has 0 N–H and O–H groups in total. The number of alkyl halides is 5. The molecule has 0 aromatic heterocycles. The molecular weight excluding hydrogens is 749 g/mol. The molecule has 0 heterocycles. The summed E-state index contributed by atoms with van der Waals surface area (Å²) >= 11 is 0. The summed E-state index contributed by atoms with van der Waals surface area (Å²) < 4.78 is 149. The van der Waals surface area contributed by atoms with Gasteiger partial charge in [0.25, 0.3) is 20.0 Å². The molecule has 10 nitrogen and oxygen atoms in total. The van der Waals surface area contributed by atoms with Gasteiger partial charge in [-0.15, -0.1) is 0 Å². The summed E-state index contributed by atoms with van der Waals surface area (Å²) in [5, 5.41) is 0. The van der Waals surface area contributed by atoms with Gasteiger partial charge in [-0.05, 0) is 52.9 Å². The van der Waals surface area contributed by atoms with Crippen LogP contribution in [0.1, 0.15) is 77.0 Å². The summed E-state index contributed by atoms with van der Waals surface area (Å²) in [7, 11) is -18.1. The Kier molecular flexibility index (Phi) is 27.7. The van der Waals surface area contributed by atoms with Crippen molar-refractivity contribution in [3.8, 4) is 0 Å². The molecule has 41 heavy (non-hydrogen) atoms. The average Bonchev–Trinajstić information content (AvgIpc) is 3.50. The maximum Gasteiger partial charge on any atom is 1.00 e. The topological polar surface area (TPSA) is 146 Å². The molecule has 0 amide bonds. The van der Waals surface area contributed by atoms with Crippen molar-refractivity contribution in [1.82, 2.24) is 0 Å². The fourth-order valence-corrected chi connectivity index (χ4v) is 7.98. The minimum absolute atomic E-state index is 0. The van der Waals surface area contributed by atoms with Crippen molar-refractivity contribution in [2.24, 2.45) is 19.4 Å². The zero-order valence-electron chi connectivity index (χ0n) is 22.5. The maximum absolute atomic E-state index is 12.2. The number of hydrogen-bond donors (Lipinski definition) is 0. The second-order valence-corrected chi connectivity index (χ2v) is 15.2. The van der Waals surface area contributed by atoms with Gasteiger partial charge in [0.1, 0.15) is 0 Å². The summed E-state index contributed by atoms with van der Waals surface area (Å²) in [6.07, 6.45) is 11.1. The molecule has 0 aliphatic heterocycles. The smallest absolute Gasteiger partial charge is 0.438 e. The monoisotopic (exact) mass is 779 g/mol. The molecule has 0 spiro atoms. The average molecular weight is 780 g/mol. The summed E-state index contributed by atoms with van der Waals surface area (Å²) in [6.45, 7) is -0.0695. The Hall–Kier alpha value is 3.09. The molecule has 2 fully saturated rings. The fourth-order valence-electron chi connectivity index (χ4n) is 4.07. The van der Waals surface area contributed by atoms with Crippen LogP contribution in [0.25, 0.3) is 0 Å². The molecule has 1 unspecified atom stereocenters. The summed E-state index contributed by atoms with van der Waals surface area (Å²) in [4.78, 5) is 0. The number of nitrogens with zero attached hydrogens (tertiary/aromatic N) is 2. The Morgan fingerprint density at radius 3 is 1.68 bits per heavy atom. The third kappa shape index (κ3) is 20.2. The van der Waals surface area contributed by atoms with Gasteiger partial charge >= 0.3 is 124 Å². The van der Waals surface area contributed by atoms with Crippen LogP contribution in [-0.4, -0.2) is 44.7 Å². The van der Waals surface area contributed by atoms with E-state index in [1.807, 2.05) is 0 Å². The van der Waals surface area contributed by atoms with Crippen molar-refractivity contribution in [1.29, 1.82) is 0 Å². The largest absolute Gasteiger partial charge is 1.00 e. The summed E-state index contributed by atoms with van der Waals surface area (Å²) in [6, 6.07) is 0. The van der Waals surface area contributed by atoms with Crippen LogP contribution >= 0.6 is 0 Å². The van der Waals surface area contributed by atoms with Crippen molar-refractivity contribution < 1.29 is 180 Å². The van der Waals surface area contributed by atoms with Gasteiger partial charge in [-0.2, -0.15) is 30.4 Å². The first-order valence-corrected chi connectivity index (χ1v) is 17.3. The van der Waals surface area contributed by atoms with Gasteiger partial charge in [0.15, 0.2) is 0 Å². The van der Waals surface area contributed by atoms with E-state index in [2.05, 4.69) is 16.1 Å². The van der Waals surface area contributed by atoms with E-state index in [4.69, 9.17) is 0 Å². The minimum atomic E-state index is -5.75. The van der Waals surface area contributed by atoms with Crippen LogP contribution in [-0.2, 0) is 70.8 Å². The predicted octanol–water partition coefficient (Wildman–Crippen LogP) is -0.316. The maximum atomic E-state index is 12.2. The number of hydrogen-bond acceptors (Lipinski definition) is 9. The van der Waals surface area contributed by atoms with E-state index >= 15 is 0 Å². The molecule has 0 saturated heterocycles. The third-order valence-electron chi connectivity index (χ3n) is 5.89. The van der Waals surface area contributed by atoms with Crippen LogP contribution in [0.5, 0.6) is 0 Å². The number of sulfonamides is 2. The predicted molar refractivity (Wildman–Crippen MR) is 126 cm³/mol. The molecule has 2 rings (SSSR count). The summed E-state index contributed by atoms with van der Waals surface area (Å²) in [5.74, 6) is -3.33. The van der Waals surface area contributed by atoms with Crippen LogP contribution in [0.15, 0.2) is 7.54 Å². The fraction of sp³-hybridized carbons (Fsp3) is 1.00. The molecule has 23 heteroatoms. The molecule has 0 radical (unpaired) electrons. The second-order valence-electron chi connectivity index (χ2n) is 8.82. The molecule has 1 atom stereocenters. The molecular formula is C18H31F6FeK2N2O8S4+. The Morgan fingerprint density at radius 1 is 0.854 bits per heavy atom. The van der Waals surface area contributed by atoms with E-state index in [9.17, 15) is 51.7 Å². The first-order chi connectivity index (χ1) is 17.5. The molecule has 2 saturated carbocycles. The van der Waals surface area contributed by atoms with Gasteiger partial charge in [0, 0.05) is 23.7 Å². The quantitative estimate of drug-likeness (QED) is 0.107. The van der Waals surface area contributed by atoms with E-state index in [-0.39, 0.29) is 133 Å². The summed E-state index contributed by atoms with van der Waals surface area (Å²) in [5.41, 5.74) is -5.55. The molecule has 0 aromatic carbocycles. The van der Waals surface area contributed by atoms with Crippen LogP contribution in [0.4, 0.5) is 26.5 Å². The third-order valence-corrected chi connectivity index (χ3v) is 11.3. The van der Waals surface area contributed by atoms with Crippen molar-refractivity contribution in [3.63, 3.8) is 0 Å². The Morgan fingerprint density at radius 2 is 1.29 bits per heavy atom. The molecule has 236 valence electrons. The number of halogens is 6. The van der Waals surface area contributed by atoms with Crippen molar-refractivity contribution in [3.05, 3.63) is 0 Å². The zero-order chi connectivity index (χ0) is 29.0. The zero-order valence-corrected chi connectivity index (χ0v) is 33.2. The first kappa shape index (κ1) is 48.5. The Labute approximate surface area is 335 Å². The number of rotatable bonds is 13. The van der Waals surface area contributed by atoms with E-state index in [0.717, 1.165) is 44.9 Å². The normalized spacial score (nSPS) is 18.8. The molecule has 2 aliphatic rings. The van der Waals surface area contributed by atoms with Gasteiger partial charge in [0.2, 0.25) is 0 Å². The van der Waals surface area contributed by atoms with Gasteiger partial charge in [-0.1, -0.05) is 59.5 Å². The van der Waals surface area contributed by atoms with Gasteiger partial charge in [-0.25, -0.2) is 12.6 Å². The van der Waals surface area contributed by atoms with Crippen LogP contribution < -0.4 is 103 Å². The standard InChI is InChI=1S/C9H16F3NO4S2.C9H15F3NO4S2.Fe.2K/c10-9(11)19(16,17-12)13-18(14,15)7-3-6-8-4-1-2-5-8;10-9(11,12)19(15,16)13-18(14)17-7-3-6-8-4-1-2-5-8;;;/h8-9H,1-7H2;8H,1-7H2;;;/q;-1;;2*+1. The van der Waals surface area contributed by atoms with Gasteiger partial charge < -0.3 is 8.39 Å². The minimum Gasteiger partial charge on any atom is -0.438 e. The molecule has 2 aliphatic carbocycles. The van der Waals surface area contributed by atoms with E-state index < -0.39 is 58.0 Å². The van der Waals surface area contributed by atoms with Crippen molar-refractivity contribution in [2.75, 3.05) is 12.4 Å². The van der Waals surface area contributed by atoms with Crippen LogP contribution in [0.3, 0.4) is 0 Å². The Bertz CT molecular complexity index is 1150. The SMILES string of the molecule is O=S(=O)(CCCC1CCCC1)N=S(=O)(OF)C(F)F.O=[S-](=NS(=O)(=O)C(F)(F)F)OCCCC1CCCC1.[Fe].[K+].[K+]. The van der Waals surface area contributed by atoms with E-state index in [0.29, 0.717) is 24.7 Å². The molecule has 0 aromatic rings. The van der Waals surface area contributed by atoms with E-state index in [1.54, 1.807) is 0 Å².